The number of rotatable bonds is 4. The highest BCUT2D eigenvalue weighted by atomic mass is 16.3. The fourth-order valence-electron chi connectivity index (χ4n) is 2.06. The molecule has 3 heteroatoms. The molecule has 3 nitrogen and oxygen atoms in total. The molecule has 0 aromatic heterocycles. The molecule has 2 N–H and O–H groups in total. The molecule has 0 saturated carbocycles. The maximum absolute atomic E-state index is 10.1. The van der Waals surface area contributed by atoms with E-state index in [1.54, 1.807) is 0 Å². The van der Waals surface area contributed by atoms with E-state index in [0.29, 0.717) is 0 Å². The fourth-order valence-corrected chi connectivity index (χ4v) is 2.06. The van der Waals surface area contributed by atoms with Crippen LogP contribution in [0.15, 0.2) is 0 Å². The summed E-state index contributed by atoms with van der Waals surface area (Å²) in [5.41, 5.74) is -0.920. The number of nitrogens with zero attached hydrogens (tertiary/aromatic N) is 1. The molecule has 1 atom stereocenters. The van der Waals surface area contributed by atoms with Crippen LogP contribution in [0.5, 0.6) is 0 Å². The number of hydrogen-bond donors (Lipinski definition) is 2. The summed E-state index contributed by atoms with van der Waals surface area (Å²) in [6, 6.07) is 0. The third kappa shape index (κ3) is 3.72. The van der Waals surface area contributed by atoms with Gasteiger partial charge in [0, 0.05) is 12.1 Å². The van der Waals surface area contributed by atoms with Crippen molar-refractivity contribution in [1.29, 1.82) is 0 Å². The first-order valence-electron chi connectivity index (χ1n) is 6.38. The molecule has 0 amide bonds. The Bertz CT molecular complexity index is 220. The largest absolute Gasteiger partial charge is 0.389 e. The summed E-state index contributed by atoms with van der Waals surface area (Å²) in [6.45, 7) is 11.3. The Labute approximate surface area is 100 Å². The van der Waals surface area contributed by atoms with Gasteiger partial charge in [0.2, 0.25) is 0 Å². The Morgan fingerprint density at radius 1 is 1.31 bits per heavy atom. The van der Waals surface area contributed by atoms with Crippen LogP contribution >= 0.6 is 0 Å². The predicted molar refractivity (Wildman–Crippen MR) is 68.6 cm³/mol. The van der Waals surface area contributed by atoms with Gasteiger partial charge < -0.3 is 15.3 Å². The molecule has 1 aliphatic rings. The zero-order valence-electron chi connectivity index (χ0n) is 11.5. The van der Waals surface area contributed by atoms with E-state index in [1.165, 1.54) is 25.9 Å². The topological polar surface area (TPSA) is 35.5 Å². The van der Waals surface area contributed by atoms with E-state index in [9.17, 15) is 5.11 Å². The van der Waals surface area contributed by atoms with E-state index in [0.717, 1.165) is 12.5 Å². The molecule has 0 radical (unpaired) electrons. The third-order valence-electron chi connectivity index (χ3n) is 4.08. The molecule has 0 bridgehead atoms. The van der Waals surface area contributed by atoms with Gasteiger partial charge in [0.25, 0.3) is 0 Å². The van der Waals surface area contributed by atoms with Gasteiger partial charge in [-0.15, -0.1) is 0 Å². The second kappa shape index (κ2) is 5.03. The molecule has 0 aromatic rings. The summed E-state index contributed by atoms with van der Waals surface area (Å²) in [7, 11) is 2.19. The predicted octanol–water partition coefficient (Wildman–Crippen LogP) is 1.47. The Hall–Kier alpha value is -0.120. The summed E-state index contributed by atoms with van der Waals surface area (Å²) in [5.74, 6) is 0.723. The average molecular weight is 228 g/mol. The van der Waals surface area contributed by atoms with Crippen molar-refractivity contribution in [3.05, 3.63) is 0 Å². The Balaban J connectivity index is 2.39. The van der Waals surface area contributed by atoms with Crippen LogP contribution in [0.1, 0.15) is 40.5 Å². The first-order valence-corrected chi connectivity index (χ1v) is 6.38. The van der Waals surface area contributed by atoms with Gasteiger partial charge in [-0.3, -0.25) is 0 Å². The third-order valence-corrected chi connectivity index (χ3v) is 4.08. The molecule has 0 aliphatic carbocycles. The van der Waals surface area contributed by atoms with Crippen molar-refractivity contribution in [2.75, 3.05) is 26.7 Å². The lowest BCUT2D eigenvalue weighted by Crippen LogP contribution is -2.57. The van der Waals surface area contributed by atoms with Crippen molar-refractivity contribution in [2.45, 2.75) is 51.7 Å². The number of aliphatic hydroxyl groups is 1. The second-order valence-electron chi connectivity index (χ2n) is 6.34. The molecule has 96 valence electrons. The molecular weight excluding hydrogens is 200 g/mol. The van der Waals surface area contributed by atoms with Crippen LogP contribution in [0.25, 0.3) is 0 Å². The monoisotopic (exact) mass is 228 g/mol. The summed E-state index contributed by atoms with van der Waals surface area (Å²) in [6.07, 6.45) is 2.60. The van der Waals surface area contributed by atoms with Gasteiger partial charge in [-0.25, -0.2) is 0 Å². The van der Waals surface area contributed by atoms with E-state index in [-0.39, 0.29) is 5.54 Å². The lowest BCUT2D eigenvalue weighted by atomic mass is 9.85. The number of nitrogens with one attached hydrogen (secondary N) is 1. The lowest BCUT2D eigenvalue weighted by Gasteiger charge is -2.40. The average Bonchev–Trinajstić information content (AvgIpc) is 2.13. The van der Waals surface area contributed by atoms with E-state index in [4.69, 9.17) is 0 Å². The first kappa shape index (κ1) is 13.9. The van der Waals surface area contributed by atoms with Crippen molar-refractivity contribution < 1.29 is 5.11 Å². The Kier molecular flexibility index (Phi) is 4.38. The van der Waals surface area contributed by atoms with E-state index in [1.807, 2.05) is 13.8 Å². The van der Waals surface area contributed by atoms with Gasteiger partial charge in [0.1, 0.15) is 0 Å². The Morgan fingerprint density at radius 2 is 1.94 bits per heavy atom. The van der Waals surface area contributed by atoms with Crippen LogP contribution in [0, 0.1) is 5.92 Å². The van der Waals surface area contributed by atoms with Gasteiger partial charge in [-0.05, 0) is 66.6 Å². The van der Waals surface area contributed by atoms with Gasteiger partial charge in [-0.1, -0.05) is 0 Å². The molecule has 0 spiro atoms. The van der Waals surface area contributed by atoms with Crippen molar-refractivity contribution in [3.63, 3.8) is 0 Å². The van der Waals surface area contributed by atoms with Crippen molar-refractivity contribution >= 4 is 0 Å². The molecule has 1 aliphatic heterocycles. The summed E-state index contributed by atoms with van der Waals surface area (Å²) in [5, 5.41) is 13.6. The number of hydrogen-bond acceptors (Lipinski definition) is 3. The number of likely N-dealkylation sites (tertiary alicyclic amines) is 1. The zero-order chi connectivity index (χ0) is 12.4. The molecule has 1 fully saturated rings. The van der Waals surface area contributed by atoms with E-state index >= 15 is 0 Å². The van der Waals surface area contributed by atoms with Crippen LogP contribution in [-0.4, -0.2) is 47.8 Å². The molecule has 1 rings (SSSR count). The minimum atomic E-state index is -0.687. The molecule has 1 saturated heterocycles. The van der Waals surface area contributed by atoms with Crippen LogP contribution in [0.3, 0.4) is 0 Å². The highest BCUT2D eigenvalue weighted by molar-refractivity contribution is 4.94. The van der Waals surface area contributed by atoms with Crippen LogP contribution in [0.2, 0.25) is 0 Å². The normalized spacial score (nSPS) is 24.8. The van der Waals surface area contributed by atoms with Crippen LogP contribution in [0.4, 0.5) is 0 Å². The molecule has 1 unspecified atom stereocenters. The zero-order valence-corrected chi connectivity index (χ0v) is 11.5. The Morgan fingerprint density at radius 3 is 2.44 bits per heavy atom. The molecule has 16 heavy (non-hydrogen) atoms. The highest BCUT2D eigenvalue weighted by Crippen LogP contribution is 2.22. The SMILES string of the molecule is CN1CCCC(CNC(C)(C)C(C)(C)O)C1. The maximum Gasteiger partial charge on any atom is 0.0767 e. The van der Waals surface area contributed by atoms with E-state index < -0.39 is 5.60 Å². The van der Waals surface area contributed by atoms with Crippen molar-refractivity contribution in [1.82, 2.24) is 10.2 Å². The van der Waals surface area contributed by atoms with Crippen molar-refractivity contribution in [3.8, 4) is 0 Å². The quantitative estimate of drug-likeness (QED) is 0.765. The molecule has 0 aromatic carbocycles. The smallest absolute Gasteiger partial charge is 0.0767 e. The summed E-state index contributed by atoms with van der Waals surface area (Å²) in [4.78, 5) is 2.40. The standard InChI is InChI=1S/C13H28N2O/c1-12(2,13(3,4)16)14-9-11-7-6-8-15(5)10-11/h11,14,16H,6-10H2,1-5H3. The minimum Gasteiger partial charge on any atom is -0.389 e. The lowest BCUT2D eigenvalue weighted by molar-refractivity contribution is -0.00740. The van der Waals surface area contributed by atoms with Crippen LogP contribution < -0.4 is 5.32 Å². The first-order chi connectivity index (χ1) is 7.22. The maximum atomic E-state index is 10.1. The van der Waals surface area contributed by atoms with Crippen LogP contribution in [-0.2, 0) is 0 Å². The molecular formula is C13H28N2O. The highest BCUT2D eigenvalue weighted by Gasteiger charge is 2.35. The minimum absolute atomic E-state index is 0.233. The summed E-state index contributed by atoms with van der Waals surface area (Å²) < 4.78 is 0. The summed E-state index contributed by atoms with van der Waals surface area (Å²) >= 11 is 0. The van der Waals surface area contributed by atoms with Crippen molar-refractivity contribution in [2.24, 2.45) is 5.92 Å². The molecule has 1 heterocycles. The fraction of sp³-hybridized carbons (Fsp3) is 1.00. The van der Waals surface area contributed by atoms with Gasteiger partial charge in [0.15, 0.2) is 0 Å². The van der Waals surface area contributed by atoms with Gasteiger partial charge in [0.05, 0.1) is 5.60 Å². The van der Waals surface area contributed by atoms with Gasteiger partial charge in [-0.2, -0.15) is 0 Å². The second-order valence-corrected chi connectivity index (χ2v) is 6.34. The van der Waals surface area contributed by atoms with Gasteiger partial charge >= 0.3 is 0 Å². The number of piperidine rings is 1. The van der Waals surface area contributed by atoms with E-state index in [2.05, 4.69) is 31.1 Å².